The Hall–Kier alpha value is -13.2. The van der Waals surface area contributed by atoms with Crippen LogP contribution < -0.4 is 26.2 Å². The zero-order chi connectivity index (χ0) is 93.4. The van der Waals surface area contributed by atoms with Crippen LogP contribution in [0.15, 0.2) is 334 Å². The molecule has 662 valence electrons. The van der Waals surface area contributed by atoms with E-state index in [1.165, 1.54) is 160 Å². The van der Waals surface area contributed by atoms with Crippen LogP contribution in [0, 0.1) is 0 Å². The topological polar surface area (TPSA) is 16.3 Å². The first-order valence-corrected chi connectivity index (χ1v) is 48.2. The minimum atomic E-state index is -0.252. The van der Waals surface area contributed by atoms with Crippen LogP contribution in [0.5, 0.6) is 0 Å². The van der Waals surface area contributed by atoms with Crippen molar-refractivity contribution >= 4 is 101 Å². The maximum atomic E-state index is 2.65. The number of anilines is 6. The summed E-state index contributed by atoms with van der Waals surface area (Å²) in [5.74, 6) is 0. The molecule has 0 saturated heterocycles. The van der Waals surface area contributed by atoms with Gasteiger partial charge in [-0.15, -0.1) is 0 Å². The largest absolute Gasteiger partial charge is 0.311 e. The van der Waals surface area contributed by atoms with E-state index in [4.69, 9.17) is 0 Å². The Kier molecular flexibility index (Phi) is 21.0. The minimum absolute atomic E-state index is 0.00494. The number of hydrogen-bond acceptors (Lipinski definition) is 2. The van der Waals surface area contributed by atoms with E-state index < -0.39 is 0 Å². The van der Waals surface area contributed by atoms with Crippen molar-refractivity contribution in [3.8, 4) is 89.3 Å². The van der Waals surface area contributed by atoms with E-state index in [9.17, 15) is 0 Å². The maximum absolute atomic E-state index is 2.65. The Bertz CT molecular complexity index is 6880. The van der Waals surface area contributed by atoms with Gasteiger partial charge in [0, 0.05) is 67.0 Å². The van der Waals surface area contributed by atoms with Gasteiger partial charge in [0.2, 0.25) is 0 Å². The molecule has 0 unspecified atom stereocenters. The van der Waals surface area contributed by atoms with Crippen molar-refractivity contribution in [3.05, 3.63) is 378 Å². The number of benzene rings is 16. The summed E-state index contributed by atoms with van der Waals surface area (Å²) in [6.45, 7) is 55.5. The Labute approximate surface area is 791 Å². The van der Waals surface area contributed by atoms with Gasteiger partial charge in [-0.2, -0.15) is 0 Å². The minimum Gasteiger partial charge on any atom is -0.311 e. The van der Waals surface area contributed by atoms with Crippen LogP contribution in [0.1, 0.15) is 211 Å². The standard InChI is InChI=1S/C128H127BN4/c1-121(2,3)88-48-36-81(37-49-88)100-32-28-33-101(82-38-50-89(51-39-82)122(4,5)6)118(100)85-44-60-96(61-45-85)130-114-78-98(132-110-74-92(125(13,14)15)56-66-104(110)105-67-57-93(75-111(105)132)126(16,17)18)64-70-108(114)129-109-71-65-99(133-112-76-94(127(19,20)21)58-68-106(112)107-69-59-95(77-113(107)133)128(22,23)24)79-115(109)131(117-73-87(72-116(130)120(117)129)80-30-26-25-27-31-80)97-62-46-86(47-63-97)119-102(83-40-52-90(53-41-83)123(7,8)9)34-29-35-103(119)84-42-54-91(55-43-84)124(10,11)12/h25-79H,1-24H3. The van der Waals surface area contributed by atoms with E-state index in [-0.39, 0.29) is 50.0 Å². The molecule has 0 aliphatic carbocycles. The predicted octanol–water partition coefficient (Wildman–Crippen LogP) is 34.0. The van der Waals surface area contributed by atoms with Gasteiger partial charge in [0.15, 0.2) is 0 Å². The Balaban J connectivity index is 0.877. The first kappa shape index (κ1) is 87.7. The highest BCUT2D eigenvalue weighted by atomic mass is 15.2. The van der Waals surface area contributed by atoms with E-state index in [0.29, 0.717) is 0 Å². The molecule has 2 aromatic heterocycles. The van der Waals surface area contributed by atoms with Gasteiger partial charge in [-0.05, 0) is 267 Å². The number of fused-ring (bicyclic) bond motifs is 10. The highest BCUT2D eigenvalue weighted by molar-refractivity contribution is 7.00. The quantitative estimate of drug-likeness (QED) is 0.120. The third kappa shape index (κ3) is 15.7. The lowest BCUT2D eigenvalue weighted by Gasteiger charge is -2.44. The summed E-state index contributed by atoms with van der Waals surface area (Å²) in [5.41, 5.74) is 43.8. The van der Waals surface area contributed by atoms with Crippen molar-refractivity contribution in [1.82, 2.24) is 9.13 Å². The molecule has 0 fully saturated rings. The molecule has 16 aromatic carbocycles. The number of hydrogen-bond donors (Lipinski definition) is 0. The first-order chi connectivity index (χ1) is 63.0. The van der Waals surface area contributed by atoms with Crippen LogP contribution >= 0.6 is 0 Å². The number of rotatable bonds is 11. The zero-order valence-electron chi connectivity index (χ0n) is 82.6. The summed E-state index contributed by atoms with van der Waals surface area (Å²) >= 11 is 0. The molecule has 0 radical (unpaired) electrons. The second-order valence-corrected chi connectivity index (χ2v) is 46.3. The lowest BCUT2D eigenvalue weighted by molar-refractivity contribution is 0.590. The van der Waals surface area contributed by atoms with Gasteiger partial charge in [0.25, 0.3) is 6.71 Å². The van der Waals surface area contributed by atoms with Crippen molar-refractivity contribution in [2.24, 2.45) is 0 Å². The SMILES string of the molecule is CC(C)(C)c1ccc(-c2cccc(-c3ccc(C(C)(C)C)cc3)c2-c2ccc(N3c4cc(-n5c6cc(C(C)(C)C)ccc6c6ccc(C(C)(C)C)cc65)ccc4B4c5ccc(-n6c7cc(C(C)(C)C)ccc7c7ccc(C(C)(C)C)cc76)cc5N(c5ccc(-c6c(-c7ccc(C(C)(C)C)cc7)cccc6-c6ccc(C(C)(C)C)cc6)cc5)c5cc(-c6ccccc6)cc3c54)cc2)cc1. The Morgan fingerprint density at radius 3 is 0.692 bits per heavy atom. The van der Waals surface area contributed by atoms with Gasteiger partial charge in [0.1, 0.15) is 0 Å². The number of aromatic nitrogens is 2. The molecule has 20 rings (SSSR count). The smallest absolute Gasteiger partial charge is 0.252 e. The summed E-state index contributed by atoms with van der Waals surface area (Å²) in [5, 5.41) is 4.96. The van der Waals surface area contributed by atoms with Gasteiger partial charge in [-0.25, -0.2) is 0 Å². The molecule has 0 N–H and O–H groups in total. The van der Waals surface area contributed by atoms with Crippen molar-refractivity contribution < 1.29 is 0 Å². The molecule has 2 aliphatic heterocycles. The van der Waals surface area contributed by atoms with Crippen LogP contribution in [-0.4, -0.2) is 15.8 Å². The van der Waals surface area contributed by atoms with Crippen LogP contribution in [0.3, 0.4) is 0 Å². The van der Waals surface area contributed by atoms with Crippen molar-refractivity contribution in [2.45, 2.75) is 209 Å². The highest BCUT2D eigenvalue weighted by Gasteiger charge is 2.45. The Morgan fingerprint density at radius 2 is 0.429 bits per heavy atom. The van der Waals surface area contributed by atoms with Gasteiger partial charge in [-0.1, -0.05) is 415 Å². The average molecular weight is 1730 g/mol. The van der Waals surface area contributed by atoms with Crippen LogP contribution in [0.25, 0.3) is 133 Å². The maximum Gasteiger partial charge on any atom is 0.252 e. The molecule has 18 aromatic rings. The molecule has 133 heavy (non-hydrogen) atoms. The fourth-order valence-corrected chi connectivity index (χ4v) is 20.9. The molecular weight excluding hydrogens is 1600 g/mol. The molecule has 0 spiro atoms. The molecular formula is C128H127BN4. The molecule has 0 bridgehead atoms. The van der Waals surface area contributed by atoms with Crippen LogP contribution in [0.2, 0.25) is 0 Å². The predicted molar refractivity (Wildman–Crippen MR) is 577 cm³/mol. The lowest BCUT2D eigenvalue weighted by atomic mass is 9.33. The zero-order valence-corrected chi connectivity index (χ0v) is 82.6. The van der Waals surface area contributed by atoms with E-state index in [1.54, 1.807) is 0 Å². The summed E-state index contributed by atoms with van der Waals surface area (Å²) < 4.78 is 5.19. The highest BCUT2D eigenvalue weighted by Crippen LogP contribution is 2.53. The summed E-state index contributed by atoms with van der Waals surface area (Å²) in [7, 11) is 0. The summed E-state index contributed by atoms with van der Waals surface area (Å²) in [4.78, 5) is 5.31. The van der Waals surface area contributed by atoms with Crippen molar-refractivity contribution in [3.63, 3.8) is 0 Å². The molecule has 2 aliphatic rings. The number of nitrogens with zero attached hydrogens (tertiary/aromatic N) is 4. The molecule has 4 nitrogen and oxygen atoms in total. The Morgan fingerprint density at radius 1 is 0.180 bits per heavy atom. The van der Waals surface area contributed by atoms with E-state index in [2.05, 4.69) is 519 Å². The molecule has 0 atom stereocenters. The molecule has 5 heteroatoms. The normalized spacial score (nSPS) is 13.4. The summed E-state index contributed by atoms with van der Waals surface area (Å²) in [6.07, 6.45) is 0. The van der Waals surface area contributed by atoms with Crippen LogP contribution in [-0.2, 0) is 43.3 Å². The molecule has 0 saturated carbocycles. The van der Waals surface area contributed by atoms with Gasteiger partial charge in [0.05, 0.1) is 22.1 Å². The van der Waals surface area contributed by atoms with Crippen molar-refractivity contribution in [2.75, 3.05) is 9.80 Å². The van der Waals surface area contributed by atoms with E-state index in [0.717, 1.165) is 67.8 Å². The van der Waals surface area contributed by atoms with E-state index in [1.807, 2.05) is 0 Å². The van der Waals surface area contributed by atoms with E-state index >= 15 is 0 Å². The van der Waals surface area contributed by atoms with Gasteiger partial charge < -0.3 is 18.9 Å². The lowest BCUT2D eigenvalue weighted by Crippen LogP contribution is -2.61. The average Bonchev–Trinajstić information content (AvgIpc) is 1.31. The molecule has 4 heterocycles. The monoisotopic (exact) mass is 1730 g/mol. The molecule has 0 amide bonds. The fourth-order valence-electron chi connectivity index (χ4n) is 20.9. The fraction of sp³-hybridized carbons (Fsp3) is 0.250. The first-order valence-electron chi connectivity index (χ1n) is 48.2. The van der Waals surface area contributed by atoms with Gasteiger partial charge >= 0.3 is 0 Å². The second kappa shape index (κ2) is 31.8. The third-order valence-electron chi connectivity index (χ3n) is 28.9. The second-order valence-electron chi connectivity index (χ2n) is 46.3. The summed E-state index contributed by atoms with van der Waals surface area (Å²) in [6, 6.07) is 131. The third-order valence-corrected chi connectivity index (χ3v) is 28.9. The van der Waals surface area contributed by atoms with Crippen molar-refractivity contribution in [1.29, 1.82) is 0 Å². The van der Waals surface area contributed by atoms with Gasteiger partial charge in [-0.3, -0.25) is 0 Å². The van der Waals surface area contributed by atoms with Crippen LogP contribution in [0.4, 0.5) is 34.1 Å².